The Morgan fingerprint density at radius 3 is 2.10 bits per heavy atom. The van der Waals surface area contributed by atoms with Crippen molar-refractivity contribution in [2.24, 2.45) is 0 Å². The Bertz CT molecular complexity index is 1320. The summed E-state index contributed by atoms with van der Waals surface area (Å²) in [4.78, 5) is 2.39. The third-order valence-corrected chi connectivity index (χ3v) is 7.10. The smallest absolute Gasteiger partial charge is 0.206 e. The highest BCUT2D eigenvalue weighted by Gasteiger charge is 2.20. The Balaban J connectivity index is 1.54. The largest absolute Gasteiger partial charge is 0.494 e. The maximum Gasteiger partial charge on any atom is 0.206 e. The van der Waals surface area contributed by atoms with Crippen LogP contribution in [-0.2, 0) is 13.2 Å². The maximum absolute atomic E-state index is 10.4. The van der Waals surface area contributed by atoms with E-state index in [0.29, 0.717) is 34.8 Å². The first-order chi connectivity index (χ1) is 19.1. The Morgan fingerprint density at radius 1 is 0.795 bits per heavy atom. The van der Waals surface area contributed by atoms with E-state index < -0.39 is 0 Å². The Hall–Kier alpha value is -3.19. The van der Waals surface area contributed by atoms with Crippen LogP contribution in [0.25, 0.3) is 10.9 Å². The van der Waals surface area contributed by atoms with Gasteiger partial charge in [-0.25, -0.2) is 0 Å². The molecule has 6 nitrogen and oxygen atoms in total. The predicted octanol–water partition coefficient (Wildman–Crippen LogP) is 8.28. The van der Waals surface area contributed by atoms with E-state index >= 15 is 0 Å². The van der Waals surface area contributed by atoms with Gasteiger partial charge < -0.3 is 28.8 Å². The summed E-state index contributed by atoms with van der Waals surface area (Å²) in [5.74, 6) is 3.54. The van der Waals surface area contributed by atoms with Crippen molar-refractivity contribution in [3.63, 3.8) is 0 Å². The molecular formula is C32H39ClN2O4. The molecule has 1 heterocycles. The zero-order valence-corrected chi connectivity index (χ0v) is 23.9. The van der Waals surface area contributed by atoms with Gasteiger partial charge in [0.2, 0.25) is 5.88 Å². The topological polar surface area (TPSA) is 56.1 Å². The fourth-order valence-corrected chi connectivity index (χ4v) is 4.75. The molecule has 4 rings (SSSR count). The molecule has 0 aliphatic heterocycles. The number of fused-ring (bicyclic) bond motifs is 1. The molecule has 1 N–H and O–H groups in total. The number of rotatable bonds is 15. The molecule has 0 saturated heterocycles. The lowest BCUT2D eigenvalue weighted by atomic mass is 10.1. The van der Waals surface area contributed by atoms with Gasteiger partial charge in [-0.3, -0.25) is 0 Å². The van der Waals surface area contributed by atoms with Crippen LogP contribution >= 0.6 is 11.6 Å². The van der Waals surface area contributed by atoms with Gasteiger partial charge in [0.1, 0.15) is 23.0 Å². The highest BCUT2D eigenvalue weighted by atomic mass is 35.5. The average Bonchev–Trinajstić information content (AvgIpc) is 3.25. The normalized spacial score (nSPS) is 11.3. The van der Waals surface area contributed by atoms with Crippen molar-refractivity contribution in [2.75, 3.05) is 26.2 Å². The molecule has 0 atom stereocenters. The number of hydrogen-bond donors (Lipinski definition) is 1. The Kier molecular flexibility index (Phi) is 10.5. The standard InChI is InChI=1S/C32H39ClN2O4/c1-4-7-20-35-31-18-17-28(38-26-11-9-24(33)10-12-26)22-29(31)30(23-36)32(35)39-27-15-13-25(14-16-27)37-21-8-19-34(5-2)6-3/h9-18,22,36H,4-8,19-21,23H2,1-3H3. The van der Waals surface area contributed by atoms with Crippen molar-refractivity contribution in [1.82, 2.24) is 9.47 Å². The number of aliphatic hydroxyl groups is 1. The van der Waals surface area contributed by atoms with Gasteiger partial charge in [0.05, 0.1) is 18.7 Å². The number of unbranched alkanes of at least 4 members (excludes halogenated alkanes) is 1. The quantitative estimate of drug-likeness (QED) is 0.151. The molecule has 0 aliphatic carbocycles. The second kappa shape index (κ2) is 14.3. The summed E-state index contributed by atoms with van der Waals surface area (Å²) < 4.78 is 20.6. The van der Waals surface area contributed by atoms with E-state index in [4.69, 9.17) is 25.8 Å². The highest BCUT2D eigenvalue weighted by molar-refractivity contribution is 6.30. The first-order valence-electron chi connectivity index (χ1n) is 13.9. The van der Waals surface area contributed by atoms with Crippen LogP contribution < -0.4 is 14.2 Å². The first-order valence-corrected chi connectivity index (χ1v) is 14.3. The second-order valence-corrected chi connectivity index (χ2v) is 9.92. The number of aryl methyl sites for hydroxylation is 1. The molecule has 0 bridgehead atoms. The number of benzene rings is 3. The number of ether oxygens (including phenoxy) is 3. The summed E-state index contributed by atoms with van der Waals surface area (Å²) >= 11 is 6.01. The molecule has 7 heteroatoms. The first kappa shape index (κ1) is 28.8. The zero-order chi connectivity index (χ0) is 27.6. The van der Waals surface area contributed by atoms with Gasteiger partial charge in [0.25, 0.3) is 0 Å². The minimum absolute atomic E-state index is 0.150. The second-order valence-electron chi connectivity index (χ2n) is 9.48. The number of aliphatic hydroxyl groups excluding tert-OH is 1. The predicted molar refractivity (Wildman–Crippen MR) is 159 cm³/mol. The number of aromatic nitrogens is 1. The Labute approximate surface area is 236 Å². The van der Waals surface area contributed by atoms with Crippen LogP contribution in [0.4, 0.5) is 0 Å². The lowest BCUT2D eigenvalue weighted by Gasteiger charge is -2.17. The monoisotopic (exact) mass is 550 g/mol. The van der Waals surface area contributed by atoms with Gasteiger partial charge in [-0.2, -0.15) is 0 Å². The molecule has 1 aromatic heterocycles. The van der Waals surface area contributed by atoms with Gasteiger partial charge >= 0.3 is 0 Å². The summed E-state index contributed by atoms with van der Waals surface area (Å²) in [6.07, 6.45) is 3.03. The maximum atomic E-state index is 10.4. The average molecular weight is 551 g/mol. The molecule has 0 radical (unpaired) electrons. The minimum atomic E-state index is -0.150. The van der Waals surface area contributed by atoms with Gasteiger partial charge in [-0.1, -0.05) is 38.8 Å². The van der Waals surface area contributed by atoms with Crippen LogP contribution in [0.3, 0.4) is 0 Å². The van der Waals surface area contributed by atoms with Crippen molar-refractivity contribution in [3.8, 4) is 28.9 Å². The van der Waals surface area contributed by atoms with Crippen LogP contribution in [0.15, 0.2) is 66.7 Å². The van der Waals surface area contributed by atoms with E-state index in [-0.39, 0.29) is 6.61 Å². The molecule has 4 aromatic rings. The van der Waals surface area contributed by atoms with Crippen LogP contribution in [0.1, 0.15) is 45.6 Å². The lowest BCUT2D eigenvalue weighted by molar-refractivity contribution is 0.249. The van der Waals surface area contributed by atoms with Crippen molar-refractivity contribution in [3.05, 3.63) is 77.3 Å². The SMILES string of the molecule is CCCCn1c(Oc2ccc(OCCCN(CC)CC)cc2)c(CO)c2cc(Oc3ccc(Cl)cc3)ccc21. The molecule has 3 aromatic carbocycles. The lowest BCUT2D eigenvalue weighted by Crippen LogP contribution is -2.25. The van der Waals surface area contributed by atoms with E-state index in [9.17, 15) is 5.11 Å². The van der Waals surface area contributed by atoms with E-state index in [0.717, 1.165) is 67.7 Å². The van der Waals surface area contributed by atoms with Crippen LogP contribution in [0.5, 0.6) is 28.9 Å². The van der Waals surface area contributed by atoms with E-state index in [1.165, 1.54) is 0 Å². The van der Waals surface area contributed by atoms with Crippen molar-refractivity contribution < 1.29 is 19.3 Å². The van der Waals surface area contributed by atoms with E-state index in [1.54, 1.807) is 12.1 Å². The molecule has 208 valence electrons. The summed E-state index contributed by atoms with van der Waals surface area (Å²) in [6, 6.07) is 20.9. The fourth-order valence-electron chi connectivity index (χ4n) is 4.62. The number of halogens is 1. The van der Waals surface area contributed by atoms with Crippen LogP contribution in [0.2, 0.25) is 5.02 Å². The Morgan fingerprint density at radius 2 is 1.44 bits per heavy atom. The van der Waals surface area contributed by atoms with Crippen molar-refractivity contribution in [1.29, 1.82) is 0 Å². The molecule has 0 fully saturated rings. The molecule has 39 heavy (non-hydrogen) atoms. The number of hydrogen-bond acceptors (Lipinski definition) is 5. The summed E-state index contributed by atoms with van der Waals surface area (Å²) in [5, 5.41) is 12.0. The van der Waals surface area contributed by atoms with Gasteiger partial charge in [0, 0.05) is 29.1 Å². The molecule has 0 spiro atoms. The molecule has 0 aliphatic rings. The molecule has 0 unspecified atom stereocenters. The number of nitrogens with zero attached hydrogens (tertiary/aromatic N) is 2. The van der Waals surface area contributed by atoms with Gasteiger partial charge in [0.15, 0.2) is 0 Å². The van der Waals surface area contributed by atoms with Crippen LogP contribution in [-0.4, -0.2) is 40.8 Å². The summed E-state index contributed by atoms with van der Waals surface area (Å²) in [5.41, 5.74) is 1.73. The van der Waals surface area contributed by atoms with Gasteiger partial charge in [-0.15, -0.1) is 0 Å². The minimum Gasteiger partial charge on any atom is -0.494 e. The fraction of sp³-hybridized carbons (Fsp3) is 0.375. The van der Waals surface area contributed by atoms with E-state index in [1.807, 2.05) is 54.6 Å². The third kappa shape index (κ3) is 7.47. The molecule has 0 amide bonds. The summed E-state index contributed by atoms with van der Waals surface area (Å²) in [7, 11) is 0. The summed E-state index contributed by atoms with van der Waals surface area (Å²) in [6.45, 7) is 11.0. The van der Waals surface area contributed by atoms with Gasteiger partial charge in [-0.05, 0) is 92.7 Å². The van der Waals surface area contributed by atoms with E-state index in [2.05, 4.69) is 30.2 Å². The van der Waals surface area contributed by atoms with Crippen LogP contribution in [0, 0.1) is 0 Å². The van der Waals surface area contributed by atoms with Crippen molar-refractivity contribution in [2.45, 2.75) is 53.2 Å². The molecular weight excluding hydrogens is 512 g/mol. The highest BCUT2D eigenvalue weighted by Crippen LogP contribution is 2.38. The van der Waals surface area contributed by atoms with Crippen molar-refractivity contribution >= 4 is 22.5 Å². The third-order valence-electron chi connectivity index (χ3n) is 6.85. The molecule has 0 saturated carbocycles. The zero-order valence-electron chi connectivity index (χ0n) is 23.2.